The van der Waals surface area contributed by atoms with Crippen molar-refractivity contribution in [2.75, 3.05) is 0 Å². The van der Waals surface area contributed by atoms with Gasteiger partial charge < -0.3 is 4.42 Å². The van der Waals surface area contributed by atoms with Crippen molar-refractivity contribution in [2.45, 2.75) is 0 Å². The van der Waals surface area contributed by atoms with Gasteiger partial charge >= 0.3 is 0 Å². The molecule has 0 aliphatic heterocycles. The lowest BCUT2D eigenvalue weighted by Crippen LogP contribution is -1.87. The molecule has 0 saturated carbocycles. The summed E-state index contributed by atoms with van der Waals surface area (Å²) in [6.45, 7) is 0. The average Bonchev–Trinajstić information content (AvgIpc) is 3.79. The number of hydrogen-bond donors (Lipinski definition) is 0. The Morgan fingerprint density at radius 3 is 1.17 bits per heavy atom. The maximum Gasteiger partial charge on any atom is 0.136 e. The second-order valence-electron chi connectivity index (χ2n) is 18.8. The minimum absolute atomic E-state index is 0.891. The zero-order chi connectivity index (χ0) is 45.2. The van der Waals surface area contributed by atoms with Gasteiger partial charge in [-0.2, -0.15) is 0 Å². The van der Waals surface area contributed by atoms with Gasteiger partial charge in [-0.25, -0.2) is 0 Å². The number of hydrogen-bond acceptors (Lipinski definition) is 1. The first-order valence-corrected chi connectivity index (χ1v) is 23.9. The van der Waals surface area contributed by atoms with Crippen molar-refractivity contribution in [3.05, 3.63) is 243 Å². The fourth-order valence-electron chi connectivity index (χ4n) is 11.5. The molecule has 0 aliphatic carbocycles. The fraction of sp³-hybridized carbons (Fsp3) is 0. The van der Waals surface area contributed by atoms with E-state index in [0.717, 1.165) is 44.2 Å². The van der Waals surface area contributed by atoms with Crippen LogP contribution in [0.4, 0.5) is 0 Å². The van der Waals surface area contributed by atoms with Crippen molar-refractivity contribution in [2.24, 2.45) is 0 Å². The molecule has 0 N–H and O–H groups in total. The highest BCUT2D eigenvalue weighted by Gasteiger charge is 2.16. The van der Waals surface area contributed by atoms with E-state index < -0.39 is 0 Å². The predicted octanol–water partition coefficient (Wildman–Crippen LogP) is 19.5. The van der Waals surface area contributed by atoms with Crippen molar-refractivity contribution in [3.8, 4) is 44.5 Å². The van der Waals surface area contributed by atoms with E-state index in [-0.39, 0.29) is 0 Å². The van der Waals surface area contributed by atoms with Crippen molar-refractivity contribution >= 4 is 108 Å². The van der Waals surface area contributed by atoms with E-state index in [9.17, 15) is 0 Å². The molecule has 15 aromatic rings. The molecular weight excluding hydrogens is 833 g/mol. The third-order valence-corrected chi connectivity index (χ3v) is 14.9. The van der Waals surface area contributed by atoms with Gasteiger partial charge in [0, 0.05) is 10.8 Å². The molecule has 1 heterocycles. The van der Waals surface area contributed by atoms with Crippen LogP contribution < -0.4 is 0 Å². The molecule has 1 heteroatoms. The van der Waals surface area contributed by atoms with Gasteiger partial charge in [0.15, 0.2) is 0 Å². The summed E-state index contributed by atoms with van der Waals surface area (Å²) in [7, 11) is 0. The zero-order valence-electron chi connectivity index (χ0n) is 37.5. The highest BCUT2D eigenvalue weighted by molar-refractivity contribution is 6.25. The monoisotopic (exact) mass is 872 g/mol. The third kappa shape index (κ3) is 5.97. The molecule has 0 atom stereocenters. The van der Waals surface area contributed by atoms with Crippen LogP contribution in [0.15, 0.2) is 247 Å². The van der Waals surface area contributed by atoms with Gasteiger partial charge in [-0.15, -0.1) is 0 Å². The molecule has 1 aromatic heterocycles. The minimum atomic E-state index is 0.891. The standard InChI is InChI=1S/C68H40O/c1-4-12-55-43(9-1)21-26-52-38-63(58-15-7-8-16-61(58)67(52)55)50-24-19-41-17-22-45(33-53(41)35-50)47-28-30-59-60-31-29-48(40-66(60)69-65(59)39-47)46-23-18-42-20-25-51(36-54(42)34-46)64-37-49-11-3-6-14-57(49)68-56-13-5-2-10-44(56)27-32-62(64)68/h1-40H. The van der Waals surface area contributed by atoms with Crippen LogP contribution in [0.5, 0.6) is 0 Å². The summed E-state index contributed by atoms with van der Waals surface area (Å²) in [6.07, 6.45) is 0. The second kappa shape index (κ2) is 14.7. The topological polar surface area (TPSA) is 13.1 Å². The van der Waals surface area contributed by atoms with Crippen molar-refractivity contribution in [1.82, 2.24) is 0 Å². The van der Waals surface area contributed by atoms with Gasteiger partial charge in [0.25, 0.3) is 0 Å². The van der Waals surface area contributed by atoms with Crippen molar-refractivity contribution < 1.29 is 4.42 Å². The van der Waals surface area contributed by atoms with Gasteiger partial charge in [0.1, 0.15) is 11.2 Å². The molecule has 0 amide bonds. The summed E-state index contributed by atoms with van der Waals surface area (Å²) in [4.78, 5) is 0. The Bertz CT molecular complexity index is 4650. The van der Waals surface area contributed by atoms with Crippen LogP contribution >= 0.6 is 0 Å². The van der Waals surface area contributed by atoms with E-state index >= 15 is 0 Å². The molecule has 0 unspecified atom stereocenters. The first-order valence-electron chi connectivity index (χ1n) is 23.9. The Morgan fingerprint density at radius 1 is 0.188 bits per heavy atom. The molecule has 14 aromatic carbocycles. The second-order valence-corrected chi connectivity index (χ2v) is 18.8. The maximum atomic E-state index is 6.71. The normalized spacial score (nSPS) is 12.1. The smallest absolute Gasteiger partial charge is 0.136 e. The number of benzene rings is 14. The molecule has 0 fully saturated rings. The molecule has 15 rings (SSSR count). The number of rotatable bonds is 4. The largest absolute Gasteiger partial charge is 0.456 e. The van der Waals surface area contributed by atoms with E-state index in [1.54, 1.807) is 0 Å². The molecule has 1 nitrogen and oxygen atoms in total. The van der Waals surface area contributed by atoms with Gasteiger partial charge in [-0.1, -0.05) is 182 Å². The van der Waals surface area contributed by atoms with Crippen molar-refractivity contribution in [3.63, 3.8) is 0 Å². The van der Waals surface area contributed by atoms with Crippen LogP contribution in [-0.2, 0) is 0 Å². The maximum absolute atomic E-state index is 6.71. The zero-order valence-corrected chi connectivity index (χ0v) is 37.5. The lowest BCUT2D eigenvalue weighted by atomic mass is 9.89. The Labute approximate surface area is 397 Å². The van der Waals surface area contributed by atoms with Crippen LogP contribution in [0.3, 0.4) is 0 Å². The molecule has 0 spiro atoms. The first-order chi connectivity index (χ1) is 34.1. The van der Waals surface area contributed by atoms with Gasteiger partial charge in [0.2, 0.25) is 0 Å². The first kappa shape index (κ1) is 38.1. The van der Waals surface area contributed by atoms with Gasteiger partial charge in [-0.3, -0.25) is 0 Å². The summed E-state index contributed by atoms with van der Waals surface area (Å²) in [5.74, 6) is 0. The van der Waals surface area contributed by atoms with Crippen LogP contribution in [-0.4, -0.2) is 0 Å². The summed E-state index contributed by atoms with van der Waals surface area (Å²) in [6, 6.07) is 89.7. The van der Waals surface area contributed by atoms with E-state index in [1.165, 1.54) is 108 Å². The molecule has 0 saturated heterocycles. The van der Waals surface area contributed by atoms with E-state index in [0.29, 0.717) is 0 Å². The van der Waals surface area contributed by atoms with Crippen LogP contribution in [0.25, 0.3) is 153 Å². The van der Waals surface area contributed by atoms with Gasteiger partial charge in [0.05, 0.1) is 0 Å². The summed E-state index contributed by atoms with van der Waals surface area (Å²) < 4.78 is 6.71. The lowest BCUT2D eigenvalue weighted by Gasteiger charge is -2.14. The molecule has 0 radical (unpaired) electrons. The van der Waals surface area contributed by atoms with E-state index in [4.69, 9.17) is 4.42 Å². The quantitative estimate of drug-likeness (QED) is 0.161. The van der Waals surface area contributed by atoms with Gasteiger partial charge in [-0.05, 0) is 191 Å². The molecular formula is C68H40O. The lowest BCUT2D eigenvalue weighted by molar-refractivity contribution is 0.669. The van der Waals surface area contributed by atoms with Crippen LogP contribution in [0.2, 0.25) is 0 Å². The predicted molar refractivity (Wildman–Crippen MR) is 296 cm³/mol. The van der Waals surface area contributed by atoms with E-state index in [2.05, 4.69) is 243 Å². The SMILES string of the molecule is c1ccc2c(c1)ccc1cc(-c3ccc4ccc(-c5ccc6c(c5)oc5cc(-c7ccc8ccc(-c9cc%10ccccc%10c%10c9ccc9ccccc9%10)cc8c7)ccc56)cc4c3)c3ccccc3c12. The average molecular weight is 873 g/mol. The molecule has 318 valence electrons. The minimum Gasteiger partial charge on any atom is -0.456 e. The Hall–Kier alpha value is -9.04. The summed E-state index contributed by atoms with van der Waals surface area (Å²) >= 11 is 0. The summed E-state index contributed by atoms with van der Waals surface area (Å²) in [5, 5.41) is 22.5. The Balaban J connectivity index is 0.783. The third-order valence-electron chi connectivity index (χ3n) is 14.9. The highest BCUT2D eigenvalue weighted by atomic mass is 16.3. The molecule has 69 heavy (non-hydrogen) atoms. The van der Waals surface area contributed by atoms with Crippen LogP contribution in [0, 0.1) is 0 Å². The Kier molecular flexibility index (Phi) is 8.13. The van der Waals surface area contributed by atoms with Crippen molar-refractivity contribution in [1.29, 1.82) is 0 Å². The highest BCUT2D eigenvalue weighted by Crippen LogP contribution is 2.43. The Morgan fingerprint density at radius 2 is 0.565 bits per heavy atom. The molecule has 0 bridgehead atoms. The fourth-order valence-corrected chi connectivity index (χ4v) is 11.5. The number of furan rings is 1. The number of fused-ring (bicyclic) bond motifs is 15. The summed E-state index contributed by atoms with van der Waals surface area (Å²) in [5.41, 5.74) is 11.3. The van der Waals surface area contributed by atoms with Crippen LogP contribution in [0.1, 0.15) is 0 Å². The molecule has 0 aliphatic rings. The van der Waals surface area contributed by atoms with E-state index in [1.807, 2.05) is 0 Å².